The first-order valence-electron chi connectivity index (χ1n) is 12.1. The Labute approximate surface area is 219 Å². The SMILES string of the molecule is CN(C)CCN(C)C(=O)c1ccc(N/C(=C2\C(=O)Nc3cc(F)ccc32)c2ccc3nccnc3c2)cc1. The highest BCUT2D eigenvalue weighted by atomic mass is 19.1. The molecule has 4 aromatic rings. The maximum Gasteiger partial charge on any atom is 0.258 e. The van der Waals surface area contributed by atoms with E-state index >= 15 is 0 Å². The number of benzene rings is 3. The number of hydrogen-bond donors (Lipinski definition) is 2. The third-order valence-corrected chi connectivity index (χ3v) is 6.36. The molecule has 8 nitrogen and oxygen atoms in total. The number of rotatable bonds is 7. The van der Waals surface area contributed by atoms with E-state index in [9.17, 15) is 14.0 Å². The minimum Gasteiger partial charge on any atom is -0.354 e. The Balaban J connectivity index is 1.53. The van der Waals surface area contributed by atoms with Crippen molar-refractivity contribution in [2.75, 3.05) is 44.9 Å². The number of halogens is 1. The second-order valence-corrected chi connectivity index (χ2v) is 9.39. The molecule has 2 N–H and O–H groups in total. The maximum absolute atomic E-state index is 13.9. The molecule has 0 bridgehead atoms. The zero-order valence-corrected chi connectivity index (χ0v) is 21.3. The fraction of sp³-hybridized carbons (Fsp3) is 0.172. The van der Waals surface area contributed by atoms with Gasteiger partial charge in [0.1, 0.15) is 5.82 Å². The van der Waals surface area contributed by atoms with E-state index in [1.807, 2.05) is 37.2 Å². The van der Waals surface area contributed by atoms with Gasteiger partial charge in [-0.2, -0.15) is 0 Å². The van der Waals surface area contributed by atoms with Crippen molar-refractivity contribution in [2.45, 2.75) is 0 Å². The Hall–Kier alpha value is -4.63. The maximum atomic E-state index is 13.9. The Bertz CT molecular complexity index is 1570. The number of amides is 2. The molecule has 1 aromatic heterocycles. The predicted octanol–water partition coefficient (Wildman–Crippen LogP) is 4.34. The van der Waals surface area contributed by atoms with Gasteiger partial charge in [-0.15, -0.1) is 0 Å². The van der Waals surface area contributed by atoms with E-state index in [0.717, 1.165) is 12.1 Å². The smallest absolute Gasteiger partial charge is 0.258 e. The number of nitrogens with one attached hydrogen (secondary N) is 2. The topological polar surface area (TPSA) is 90.5 Å². The Morgan fingerprint density at radius 3 is 2.34 bits per heavy atom. The van der Waals surface area contributed by atoms with Crippen LogP contribution in [0.15, 0.2) is 73.1 Å². The van der Waals surface area contributed by atoms with Crippen molar-refractivity contribution in [2.24, 2.45) is 0 Å². The molecule has 0 radical (unpaired) electrons. The van der Waals surface area contributed by atoms with Crippen molar-refractivity contribution in [1.82, 2.24) is 19.8 Å². The lowest BCUT2D eigenvalue weighted by molar-refractivity contribution is -0.110. The highest BCUT2D eigenvalue weighted by molar-refractivity contribution is 6.37. The first-order chi connectivity index (χ1) is 18.3. The molecule has 0 fully saturated rings. The summed E-state index contributed by atoms with van der Waals surface area (Å²) in [5.41, 5.74) is 5.26. The summed E-state index contributed by atoms with van der Waals surface area (Å²) in [6.45, 7) is 1.38. The van der Waals surface area contributed by atoms with Crippen LogP contribution in [0.1, 0.15) is 21.5 Å². The molecule has 0 saturated heterocycles. The predicted molar refractivity (Wildman–Crippen MR) is 147 cm³/mol. The number of likely N-dealkylation sites (N-methyl/N-ethyl adjacent to an activating group) is 2. The molecule has 38 heavy (non-hydrogen) atoms. The third-order valence-electron chi connectivity index (χ3n) is 6.36. The molecule has 0 atom stereocenters. The molecular weight excluding hydrogens is 483 g/mol. The second kappa shape index (κ2) is 10.4. The lowest BCUT2D eigenvalue weighted by atomic mass is 9.99. The van der Waals surface area contributed by atoms with Gasteiger partial charge in [-0.25, -0.2) is 4.39 Å². The number of anilines is 2. The number of fused-ring (bicyclic) bond motifs is 2. The number of aromatic nitrogens is 2. The van der Waals surface area contributed by atoms with Gasteiger partial charge in [0.25, 0.3) is 11.8 Å². The Kier molecular flexibility index (Phi) is 6.85. The standard InChI is InChI=1S/C29H27FN6O2/c1-35(2)14-15-36(3)29(38)18-4-8-21(9-5-18)33-27(19-6-11-23-25(16-19)32-13-12-31-23)26-22-10-7-20(30)17-24(22)34-28(26)37/h4-13,16-17,33H,14-15H2,1-3H3,(H,34,37)/b27-26-. The summed E-state index contributed by atoms with van der Waals surface area (Å²) in [5.74, 6) is -0.852. The van der Waals surface area contributed by atoms with Crippen LogP contribution in [0.4, 0.5) is 15.8 Å². The van der Waals surface area contributed by atoms with Crippen molar-refractivity contribution in [3.8, 4) is 0 Å². The molecule has 1 aliphatic rings. The van der Waals surface area contributed by atoms with Crippen molar-refractivity contribution < 1.29 is 14.0 Å². The van der Waals surface area contributed by atoms with Gasteiger partial charge in [-0.3, -0.25) is 19.6 Å². The number of nitrogens with zero attached hydrogens (tertiary/aromatic N) is 4. The van der Waals surface area contributed by atoms with E-state index < -0.39 is 5.82 Å². The molecule has 2 amide bonds. The van der Waals surface area contributed by atoms with E-state index in [4.69, 9.17) is 0 Å². The molecular formula is C29H27FN6O2. The fourth-order valence-electron chi connectivity index (χ4n) is 4.30. The summed E-state index contributed by atoms with van der Waals surface area (Å²) < 4.78 is 13.9. The van der Waals surface area contributed by atoms with E-state index in [1.165, 1.54) is 12.1 Å². The first kappa shape index (κ1) is 25.0. The van der Waals surface area contributed by atoms with Gasteiger partial charge in [0, 0.05) is 54.9 Å². The lowest BCUT2D eigenvalue weighted by Gasteiger charge is -2.20. The van der Waals surface area contributed by atoms with Gasteiger partial charge in [0.15, 0.2) is 0 Å². The summed E-state index contributed by atoms with van der Waals surface area (Å²) >= 11 is 0. The number of hydrogen-bond acceptors (Lipinski definition) is 6. The Morgan fingerprint density at radius 2 is 1.61 bits per heavy atom. The average molecular weight is 511 g/mol. The van der Waals surface area contributed by atoms with Gasteiger partial charge in [-0.1, -0.05) is 6.07 Å². The molecule has 0 aliphatic carbocycles. The molecule has 2 heterocycles. The van der Waals surface area contributed by atoms with Crippen LogP contribution in [0.5, 0.6) is 0 Å². The molecule has 1 aliphatic heterocycles. The molecule has 9 heteroatoms. The normalized spacial score (nSPS) is 13.9. The van der Waals surface area contributed by atoms with E-state index in [1.54, 1.807) is 54.7 Å². The van der Waals surface area contributed by atoms with Crippen molar-refractivity contribution in [3.05, 3.63) is 95.6 Å². The summed E-state index contributed by atoms with van der Waals surface area (Å²) in [7, 11) is 5.71. The molecule has 5 rings (SSSR count). The van der Waals surface area contributed by atoms with Crippen LogP contribution in [0, 0.1) is 5.82 Å². The van der Waals surface area contributed by atoms with Gasteiger partial charge in [-0.05, 0) is 68.7 Å². The van der Waals surface area contributed by atoms with E-state index in [2.05, 4.69) is 20.6 Å². The quantitative estimate of drug-likeness (QED) is 0.360. The Morgan fingerprint density at radius 1 is 0.895 bits per heavy atom. The largest absolute Gasteiger partial charge is 0.354 e. The summed E-state index contributed by atoms with van der Waals surface area (Å²) in [6, 6.07) is 16.9. The van der Waals surface area contributed by atoms with Gasteiger partial charge < -0.3 is 20.4 Å². The van der Waals surface area contributed by atoms with E-state index in [-0.39, 0.29) is 11.8 Å². The van der Waals surface area contributed by atoms with E-state index in [0.29, 0.717) is 51.4 Å². The van der Waals surface area contributed by atoms with Crippen molar-refractivity contribution >= 4 is 45.5 Å². The lowest BCUT2D eigenvalue weighted by Crippen LogP contribution is -2.33. The molecule has 192 valence electrons. The molecule has 0 spiro atoms. The highest BCUT2D eigenvalue weighted by Gasteiger charge is 2.29. The molecule has 3 aromatic carbocycles. The summed E-state index contributed by atoms with van der Waals surface area (Å²) in [5, 5.41) is 6.13. The average Bonchev–Trinajstić information content (AvgIpc) is 3.24. The fourth-order valence-corrected chi connectivity index (χ4v) is 4.30. The first-order valence-corrected chi connectivity index (χ1v) is 12.1. The van der Waals surface area contributed by atoms with Gasteiger partial charge in [0.05, 0.1) is 28.0 Å². The van der Waals surface area contributed by atoms with Crippen LogP contribution in [-0.2, 0) is 4.79 Å². The molecule has 0 saturated carbocycles. The summed E-state index contributed by atoms with van der Waals surface area (Å²) in [4.78, 5) is 38.4. The van der Waals surface area contributed by atoms with Crippen LogP contribution in [-0.4, -0.2) is 65.8 Å². The van der Waals surface area contributed by atoms with Crippen LogP contribution in [0.25, 0.3) is 22.3 Å². The van der Waals surface area contributed by atoms with Crippen LogP contribution in [0.2, 0.25) is 0 Å². The minimum atomic E-state index is -0.434. The van der Waals surface area contributed by atoms with Gasteiger partial charge in [0.2, 0.25) is 0 Å². The minimum absolute atomic E-state index is 0.0730. The van der Waals surface area contributed by atoms with Crippen molar-refractivity contribution in [1.29, 1.82) is 0 Å². The second-order valence-electron chi connectivity index (χ2n) is 9.39. The monoisotopic (exact) mass is 510 g/mol. The third kappa shape index (κ3) is 5.09. The number of carbonyl (C=O) groups excluding carboxylic acids is 2. The summed E-state index contributed by atoms with van der Waals surface area (Å²) in [6.07, 6.45) is 3.23. The molecule has 0 unspecified atom stereocenters. The van der Waals surface area contributed by atoms with Crippen LogP contribution >= 0.6 is 0 Å². The van der Waals surface area contributed by atoms with Crippen LogP contribution < -0.4 is 10.6 Å². The zero-order chi connectivity index (χ0) is 26.8. The van der Waals surface area contributed by atoms with Gasteiger partial charge >= 0.3 is 0 Å². The van der Waals surface area contributed by atoms with Crippen molar-refractivity contribution in [3.63, 3.8) is 0 Å². The zero-order valence-electron chi connectivity index (χ0n) is 21.3. The van der Waals surface area contributed by atoms with Crippen LogP contribution in [0.3, 0.4) is 0 Å². The number of carbonyl (C=O) groups is 2. The highest BCUT2D eigenvalue weighted by Crippen LogP contribution is 2.38.